The Morgan fingerprint density at radius 1 is 0.248 bits per heavy atom. The second-order valence-corrected chi connectivity index (χ2v) is 59.7. The van der Waals surface area contributed by atoms with Crippen LogP contribution < -0.4 is 9.47 Å². The fourth-order valence-corrected chi connectivity index (χ4v) is 25.9. The molecule has 0 aliphatic heterocycles. The Morgan fingerprint density at radius 3 is 0.631 bits per heavy atom. The molecule has 0 unspecified atom stereocenters. The molecule has 0 fully saturated rings. The van der Waals surface area contributed by atoms with E-state index in [4.69, 9.17) is 18.9 Å². The number of aliphatic hydroxyl groups is 2. The number of phenolic OH excluding ortho intramolecular Hbond substituents is 4. The van der Waals surface area contributed by atoms with Gasteiger partial charge in [-0.25, -0.2) is 17.6 Å². The summed E-state index contributed by atoms with van der Waals surface area (Å²) < 4.78 is 86.2. The number of ether oxygens (including phenoxy) is 4. The van der Waals surface area contributed by atoms with E-state index in [0.29, 0.717) is 115 Å². The fourth-order valence-electron chi connectivity index (χ4n) is 18.5. The number of aryl methyl sites for hydroxylation is 4. The van der Waals surface area contributed by atoms with Crippen LogP contribution in [-0.2, 0) is 69.5 Å². The maximum absolute atomic E-state index is 15.4. The quantitative estimate of drug-likeness (QED) is 0.0207. The molecule has 0 heterocycles. The number of hydrogen-bond acceptors (Lipinski definition) is 6. The minimum atomic E-state index is -2.62. The van der Waals surface area contributed by atoms with Crippen molar-refractivity contribution in [3.63, 3.8) is 0 Å². The monoisotopic (exact) mass is 2030 g/mol. The molecule has 0 aromatic heterocycles. The van der Waals surface area contributed by atoms with Gasteiger partial charge >= 0.3 is 0 Å². The van der Waals surface area contributed by atoms with Crippen molar-refractivity contribution in [2.45, 2.75) is 315 Å². The third-order valence-electron chi connectivity index (χ3n) is 28.6. The van der Waals surface area contributed by atoms with Crippen molar-refractivity contribution in [1.82, 2.24) is 0 Å². The SMILES string of the molecule is Cc1cc(-c2cc(C(C)(C)C)cc(C(C)(C)C)c2)c(O)c(-c2cc(F)ccc2OC[Si](COc2ccc(F)cc2-c2cc(C)cc(-c3cc(C(C)(C)C)cc(C(C)(C)C)c3)c2O)(C(C)C)C(C)C)c1.Cc1cc(-c2cc(C(C)(C)C)cc(C(C)(C)C)c2)c(O)c(-c2cc(F)ccc2[OH+]C[Si](C[OH+]c2ccc(F)cc2-c2cc(C)cc(-c3cc(C(C)(C)C)cc(C(C)(C)C)c3)c2O)(C(C)C)C(C)C)c1.[CH3-].[CH3-].[Zr]. The van der Waals surface area contributed by atoms with Gasteiger partial charge in [0.15, 0.2) is 12.5 Å². The van der Waals surface area contributed by atoms with Crippen LogP contribution in [0.15, 0.2) is 194 Å². The Morgan fingerprint density at radius 2 is 0.433 bits per heavy atom. The maximum atomic E-state index is 15.4. The second kappa shape index (κ2) is 43.9. The Balaban J connectivity index is 0.000000338. The minimum Gasteiger partial charge on any atom is -0.585 e. The van der Waals surface area contributed by atoms with Gasteiger partial charge in [-0.15, -0.1) is 0 Å². The van der Waals surface area contributed by atoms with E-state index in [-0.39, 0.29) is 130 Å². The first kappa shape index (κ1) is 116. The predicted molar refractivity (Wildman–Crippen MR) is 593 cm³/mol. The number of hydrogen-bond donors (Lipinski definition) is 4. The smallest absolute Gasteiger partial charge is 0.267 e. The Bertz CT molecular complexity index is 5570. The van der Waals surface area contributed by atoms with Crippen molar-refractivity contribution >= 4 is 16.1 Å². The van der Waals surface area contributed by atoms with E-state index in [1.807, 2.05) is 76.2 Å². The molecule has 0 bridgehead atoms. The molecule has 0 amide bonds. The van der Waals surface area contributed by atoms with E-state index in [2.05, 4.69) is 294 Å². The molecule has 756 valence electrons. The molecular formula is C126H164F4O8Si2Zr. The van der Waals surface area contributed by atoms with Crippen molar-refractivity contribution in [3.05, 3.63) is 299 Å². The molecule has 6 N–H and O–H groups in total. The number of phenols is 4. The minimum absolute atomic E-state index is 0. The van der Waals surface area contributed by atoms with Crippen LogP contribution in [0.25, 0.3) is 89.0 Å². The number of aromatic hydroxyl groups is 6. The summed E-state index contributed by atoms with van der Waals surface area (Å²) in [5, 5.41) is 49.0. The summed E-state index contributed by atoms with van der Waals surface area (Å²) in [5.74, 6) is 0.722. The van der Waals surface area contributed by atoms with Crippen molar-refractivity contribution in [2.24, 2.45) is 0 Å². The number of halogens is 4. The topological polar surface area (TPSA) is 125 Å². The van der Waals surface area contributed by atoms with Gasteiger partial charge in [0, 0.05) is 94.0 Å². The molecule has 12 aromatic rings. The molecule has 8 nitrogen and oxygen atoms in total. The molecule has 0 spiro atoms. The standard InChI is InChI=1S/2C62H78F2O4Si.2CH3.Zr/c2*1-37(2)69(38(3)4,35-67-55-21-19-47(63)33-51(55)53-25-39(5)23-49(57(53)65)41-27-43(59(7,8)9)31-44(28-41)60(10,11)12)36-68-56-22-20-48(64)34-52(56)54-26-40(6)24-50(58(54)66)42-29-45(61(13,14)15)32-46(30-42)62(16,17)18;;;/h2*19-34,37-38,65-66H,35-36H2,1-18H3;2*1H3;/q;;2*-1;/p+2. The van der Waals surface area contributed by atoms with Crippen molar-refractivity contribution in [3.8, 4) is 135 Å². The zero-order valence-electron chi connectivity index (χ0n) is 92.1. The van der Waals surface area contributed by atoms with Crippen LogP contribution in [0, 0.1) is 65.8 Å². The largest absolute Gasteiger partial charge is 0.585 e. The van der Waals surface area contributed by atoms with Gasteiger partial charge in [-0.2, -0.15) is 0 Å². The molecule has 15 heteroatoms. The summed E-state index contributed by atoms with van der Waals surface area (Å²) in [4.78, 5) is 0. The zero-order valence-corrected chi connectivity index (χ0v) is 96.6. The second-order valence-electron chi connectivity index (χ2n) is 48.9. The summed E-state index contributed by atoms with van der Waals surface area (Å²) in [5.41, 5.74) is 23.2. The van der Waals surface area contributed by atoms with E-state index < -0.39 is 39.4 Å². The van der Waals surface area contributed by atoms with Crippen molar-refractivity contribution < 1.29 is 83.1 Å². The molecule has 0 radical (unpaired) electrons. The first-order valence-corrected chi connectivity index (χ1v) is 54.5. The average molecular weight is 2030 g/mol. The molecular weight excluding hydrogens is 1860 g/mol. The Kier molecular flexibility index (Phi) is 36.3. The summed E-state index contributed by atoms with van der Waals surface area (Å²) >= 11 is 0. The maximum Gasteiger partial charge on any atom is 0.267 e. The first-order valence-electron chi connectivity index (χ1n) is 49.4. The van der Waals surface area contributed by atoms with Gasteiger partial charge in [-0.3, -0.25) is 0 Å². The molecule has 12 rings (SSSR count). The molecule has 141 heavy (non-hydrogen) atoms. The predicted octanol–water partition coefficient (Wildman–Crippen LogP) is 35.9. The summed E-state index contributed by atoms with van der Waals surface area (Å²) in [6.45, 7) is 78.4. The normalized spacial score (nSPS) is 12.6. The molecule has 12 aromatic carbocycles. The first-order chi connectivity index (χ1) is 63.6. The van der Waals surface area contributed by atoms with Crippen LogP contribution in [0.4, 0.5) is 17.6 Å². The summed E-state index contributed by atoms with van der Waals surface area (Å²) in [6, 6.07) is 60.2. The van der Waals surface area contributed by atoms with Gasteiger partial charge in [0.05, 0.1) is 23.6 Å². The van der Waals surface area contributed by atoms with E-state index in [0.717, 1.165) is 66.8 Å². The van der Waals surface area contributed by atoms with Crippen LogP contribution >= 0.6 is 0 Å². The van der Waals surface area contributed by atoms with Crippen molar-refractivity contribution in [2.75, 3.05) is 24.9 Å². The van der Waals surface area contributed by atoms with Gasteiger partial charge in [0.25, 0.3) is 19.6 Å². The zero-order chi connectivity index (χ0) is 103. The third-order valence-corrected chi connectivity index (χ3v) is 40.6. The van der Waals surface area contributed by atoms with E-state index in [1.54, 1.807) is 24.3 Å². The molecule has 0 aliphatic carbocycles. The molecule has 0 aliphatic rings. The fraction of sp³-hybridized carbons (Fsp3) is 0.413. The van der Waals surface area contributed by atoms with Crippen LogP contribution in [-0.4, -0.2) is 71.0 Å². The van der Waals surface area contributed by atoms with Gasteiger partial charge < -0.3 is 54.2 Å². The Hall–Kier alpha value is -9.92. The summed E-state index contributed by atoms with van der Waals surface area (Å²) in [6.07, 6.45) is 1.64. The summed E-state index contributed by atoms with van der Waals surface area (Å²) in [7, 11) is -5.13. The molecule has 0 saturated carbocycles. The van der Waals surface area contributed by atoms with Gasteiger partial charge in [-0.1, -0.05) is 294 Å². The molecule has 0 saturated heterocycles. The van der Waals surface area contributed by atoms with Crippen LogP contribution in [0.3, 0.4) is 0 Å². The van der Waals surface area contributed by atoms with Crippen LogP contribution in [0.1, 0.15) is 288 Å². The third kappa shape index (κ3) is 26.8. The molecule has 0 atom stereocenters. The van der Waals surface area contributed by atoms with Gasteiger partial charge in [-0.05, 0) is 291 Å². The Labute approximate surface area is 866 Å². The average Bonchev–Trinajstić information content (AvgIpc) is 0.772. The van der Waals surface area contributed by atoms with Crippen LogP contribution in [0.2, 0.25) is 22.2 Å². The van der Waals surface area contributed by atoms with Crippen LogP contribution in [0.5, 0.6) is 46.0 Å². The van der Waals surface area contributed by atoms with E-state index in [1.165, 1.54) is 70.8 Å². The van der Waals surface area contributed by atoms with E-state index in [9.17, 15) is 20.4 Å². The van der Waals surface area contributed by atoms with Gasteiger partial charge in [0.1, 0.15) is 65.8 Å². The van der Waals surface area contributed by atoms with Crippen molar-refractivity contribution in [1.29, 1.82) is 0 Å². The number of rotatable bonds is 24. The van der Waals surface area contributed by atoms with Gasteiger partial charge in [0.2, 0.25) is 0 Å². The van der Waals surface area contributed by atoms with E-state index >= 15 is 17.6 Å². The number of benzene rings is 12.